The SMILES string of the molecule is COc1ccc(CNC(=O)CO)cc1Br. The van der Waals surface area contributed by atoms with Crippen molar-refractivity contribution in [1.82, 2.24) is 5.32 Å². The number of methoxy groups -OCH3 is 1. The van der Waals surface area contributed by atoms with E-state index in [9.17, 15) is 4.79 Å². The van der Waals surface area contributed by atoms with Crippen LogP contribution < -0.4 is 10.1 Å². The van der Waals surface area contributed by atoms with E-state index < -0.39 is 6.61 Å². The molecule has 0 saturated carbocycles. The number of ether oxygens (including phenoxy) is 1. The molecule has 0 atom stereocenters. The molecule has 0 unspecified atom stereocenters. The lowest BCUT2D eigenvalue weighted by Gasteiger charge is -2.07. The predicted octanol–water partition coefficient (Wildman–Crippen LogP) is 1.07. The van der Waals surface area contributed by atoms with Crippen molar-refractivity contribution in [1.29, 1.82) is 0 Å². The van der Waals surface area contributed by atoms with Gasteiger partial charge in [-0.15, -0.1) is 0 Å². The molecule has 0 saturated heterocycles. The molecule has 82 valence electrons. The van der Waals surface area contributed by atoms with Crippen LogP contribution in [0.5, 0.6) is 5.75 Å². The van der Waals surface area contributed by atoms with Crippen LogP contribution in [0.15, 0.2) is 22.7 Å². The Labute approximate surface area is 96.4 Å². The average molecular weight is 274 g/mol. The molecule has 0 fully saturated rings. The molecule has 0 aliphatic carbocycles. The van der Waals surface area contributed by atoms with Crippen LogP contribution in [-0.2, 0) is 11.3 Å². The second kappa shape index (κ2) is 5.72. The minimum absolute atomic E-state index is 0.387. The quantitative estimate of drug-likeness (QED) is 0.863. The van der Waals surface area contributed by atoms with Gasteiger partial charge in [0.1, 0.15) is 12.4 Å². The molecule has 1 aromatic rings. The van der Waals surface area contributed by atoms with Gasteiger partial charge in [-0.1, -0.05) is 6.07 Å². The van der Waals surface area contributed by atoms with Crippen LogP contribution >= 0.6 is 15.9 Å². The minimum atomic E-state index is -0.489. The van der Waals surface area contributed by atoms with E-state index in [-0.39, 0.29) is 5.91 Å². The fourth-order valence-corrected chi connectivity index (χ4v) is 1.66. The van der Waals surface area contributed by atoms with Crippen molar-refractivity contribution in [2.75, 3.05) is 13.7 Å². The van der Waals surface area contributed by atoms with E-state index in [1.54, 1.807) is 7.11 Å². The van der Waals surface area contributed by atoms with Gasteiger partial charge in [-0.2, -0.15) is 0 Å². The van der Waals surface area contributed by atoms with E-state index in [1.165, 1.54) is 0 Å². The summed E-state index contributed by atoms with van der Waals surface area (Å²) in [5.74, 6) is 0.356. The molecule has 1 amide bonds. The van der Waals surface area contributed by atoms with Crippen LogP contribution in [-0.4, -0.2) is 24.7 Å². The molecule has 1 aromatic carbocycles. The van der Waals surface area contributed by atoms with Crippen LogP contribution in [0.25, 0.3) is 0 Å². The summed E-state index contributed by atoms with van der Waals surface area (Å²) in [6, 6.07) is 5.52. The molecule has 15 heavy (non-hydrogen) atoms. The first kappa shape index (κ1) is 12.0. The van der Waals surface area contributed by atoms with Gasteiger partial charge in [0.15, 0.2) is 0 Å². The van der Waals surface area contributed by atoms with E-state index in [2.05, 4.69) is 21.2 Å². The Balaban J connectivity index is 2.63. The summed E-state index contributed by atoms with van der Waals surface area (Å²) in [6.45, 7) is -0.0979. The molecular weight excluding hydrogens is 262 g/mol. The third-order valence-electron chi connectivity index (χ3n) is 1.85. The topological polar surface area (TPSA) is 58.6 Å². The molecule has 0 bridgehead atoms. The molecule has 0 spiro atoms. The van der Waals surface area contributed by atoms with Crippen LogP contribution in [0, 0.1) is 0 Å². The summed E-state index contributed by atoms with van der Waals surface area (Å²) in [5, 5.41) is 11.1. The lowest BCUT2D eigenvalue weighted by Crippen LogP contribution is -2.25. The maximum absolute atomic E-state index is 10.8. The molecule has 0 aliphatic rings. The number of carbonyl (C=O) groups is 1. The summed E-state index contributed by atoms with van der Waals surface area (Å²) in [5.41, 5.74) is 0.935. The van der Waals surface area contributed by atoms with Gasteiger partial charge in [-0.25, -0.2) is 0 Å². The van der Waals surface area contributed by atoms with Crippen molar-refractivity contribution in [3.63, 3.8) is 0 Å². The Morgan fingerprint density at radius 3 is 2.87 bits per heavy atom. The number of carbonyl (C=O) groups excluding carboxylic acids is 1. The van der Waals surface area contributed by atoms with Gasteiger partial charge >= 0.3 is 0 Å². The molecule has 0 aromatic heterocycles. The zero-order valence-corrected chi connectivity index (χ0v) is 9.87. The normalized spacial score (nSPS) is 9.80. The molecular formula is C10H12BrNO3. The van der Waals surface area contributed by atoms with E-state index >= 15 is 0 Å². The van der Waals surface area contributed by atoms with Gasteiger partial charge in [0, 0.05) is 6.54 Å². The van der Waals surface area contributed by atoms with Gasteiger partial charge in [0.2, 0.25) is 5.91 Å². The van der Waals surface area contributed by atoms with Crippen molar-refractivity contribution in [2.24, 2.45) is 0 Å². The number of halogens is 1. The number of amides is 1. The lowest BCUT2D eigenvalue weighted by molar-refractivity contribution is -0.123. The van der Waals surface area contributed by atoms with E-state index in [0.29, 0.717) is 6.54 Å². The van der Waals surface area contributed by atoms with Gasteiger partial charge < -0.3 is 15.2 Å². The Kier molecular flexibility index (Phi) is 4.58. The largest absolute Gasteiger partial charge is 0.496 e. The average Bonchev–Trinajstić information content (AvgIpc) is 2.26. The van der Waals surface area contributed by atoms with Gasteiger partial charge in [-0.3, -0.25) is 4.79 Å². The standard InChI is InChI=1S/C10H12BrNO3/c1-15-9-3-2-7(4-8(9)11)5-12-10(14)6-13/h2-4,13H,5-6H2,1H3,(H,12,14). The highest BCUT2D eigenvalue weighted by Crippen LogP contribution is 2.25. The Morgan fingerprint density at radius 2 is 2.33 bits per heavy atom. The first-order valence-electron chi connectivity index (χ1n) is 4.37. The molecule has 0 heterocycles. The van der Waals surface area contributed by atoms with Crippen molar-refractivity contribution in [2.45, 2.75) is 6.54 Å². The molecule has 0 aliphatic heterocycles. The van der Waals surface area contributed by atoms with Gasteiger partial charge in [-0.05, 0) is 33.6 Å². The van der Waals surface area contributed by atoms with Crippen LogP contribution in [0.2, 0.25) is 0 Å². The maximum Gasteiger partial charge on any atom is 0.245 e. The Hall–Kier alpha value is -1.07. The maximum atomic E-state index is 10.8. The van der Waals surface area contributed by atoms with Gasteiger partial charge in [0.25, 0.3) is 0 Å². The molecule has 5 heteroatoms. The summed E-state index contributed by atoms with van der Waals surface area (Å²) in [4.78, 5) is 10.8. The fraction of sp³-hybridized carbons (Fsp3) is 0.300. The van der Waals surface area contributed by atoms with Crippen LogP contribution in [0.1, 0.15) is 5.56 Å². The second-order valence-corrected chi connectivity index (χ2v) is 3.76. The molecule has 4 nitrogen and oxygen atoms in total. The molecule has 0 radical (unpaired) electrons. The smallest absolute Gasteiger partial charge is 0.245 e. The van der Waals surface area contributed by atoms with Crippen LogP contribution in [0.3, 0.4) is 0 Å². The highest BCUT2D eigenvalue weighted by Gasteiger charge is 2.02. The lowest BCUT2D eigenvalue weighted by atomic mass is 10.2. The monoisotopic (exact) mass is 273 g/mol. The molecule has 2 N–H and O–H groups in total. The summed E-state index contributed by atoms with van der Waals surface area (Å²) >= 11 is 3.34. The molecule has 1 rings (SSSR count). The van der Waals surface area contributed by atoms with Crippen LogP contribution in [0.4, 0.5) is 0 Å². The second-order valence-electron chi connectivity index (χ2n) is 2.90. The Morgan fingerprint density at radius 1 is 1.60 bits per heavy atom. The van der Waals surface area contributed by atoms with E-state index in [1.807, 2.05) is 18.2 Å². The number of aliphatic hydroxyl groups excluding tert-OH is 1. The van der Waals surface area contributed by atoms with E-state index in [0.717, 1.165) is 15.8 Å². The highest BCUT2D eigenvalue weighted by molar-refractivity contribution is 9.10. The van der Waals surface area contributed by atoms with Crippen molar-refractivity contribution in [3.8, 4) is 5.75 Å². The third kappa shape index (κ3) is 3.53. The number of hydrogen-bond donors (Lipinski definition) is 2. The predicted molar refractivity (Wildman–Crippen MR) is 59.6 cm³/mol. The number of rotatable bonds is 4. The van der Waals surface area contributed by atoms with Crippen molar-refractivity contribution >= 4 is 21.8 Å². The number of aliphatic hydroxyl groups is 1. The number of hydrogen-bond acceptors (Lipinski definition) is 3. The summed E-state index contributed by atoms with van der Waals surface area (Å²) < 4.78 is 5.91. The zero-order chi connectivity index (χ0) is 11.3. The van der Waals surface area contributed by atoms with Crippen molar-refractivity contribution in [3.05, 3.63) is 28.2 Å². The zero-order valence-electron chi connectivity index (χ0n) is 8.29. The van der Waals surface area contributed by atoms with Crippen molar-refractivity contribution < 1.29 is 14.6 Å². The highest BCUT2D eigenvalue weighted by atomic mass is 79.9. The first-order valence-corrected chi connectivity index (χ1v) is 5.16. The van der Waals surface area contributed by atoms with Gasteiger partial charge in [0.05, 0.1) is 11.6 Å². The number of nitrogens with one attached hydrogen (secondary N) is 1. The number of benzene rings is 1. The van der Waals surface area contributed by atoms with E-state index in [4.69, 9.17) is 9.84 Å². The fourth-order valence-electron chi connectivity index (χ4n) is 1.08. The summed E-state index contributed by atoms with van der Waals surface area (Å²) in [6.07, 6.45) is 0. The first-order chi connectivity index (χ1) is 7.17. The summed E-state index contributed by atoms with van der Waals surface area (Å²) in [7, 11) is 1.59. The minimum Gasteiger partial charge on any atom is -0.496 e. The Bertz CT molecular complexity index is 355. The third-order valence-corrected chi connectivity index (χ3v) is 2.47.